The van der Waals surface area contributed by atoms with Gasteiger partial charge in [0.25, 0.3) is 0 Å². The van der Waals surface area contributed by atoms with Gasteiger partial charge in [-0.05, 0) is 30.7 Å². The largest absolute Gasteiger partial charge is 0.381 e. The van der Waals surface area contributed by atoms with Crippen LogP contribution in [0.15, 0.2) is 36.4 Å². The van der Waals surface area contributed by atoms with Crippen molar-refractivity contribution < 1.29 is 9.53 Å². The van der Waals surface area contributed by atoms with Crippen LogP contribution in [0.3, 0.4) is 0 Å². The fourth-order valence-electron chi connectivity index (χ4n) is 3.83. The first-order valence-corrected chi connectivity index (χ1v) is 8.60. The minimum absolute atomic E-state index is 0.183. The summed E-state index contributed by atoms with van der Waals surface area (Å²) >= 11 is 0. The lowest BCUT2D eigenvalue weighted by atomic mass is 9.93. The SMILES string of the molecule is CN(Cc1cc(-c2ccccc2)n[nH]1)C(=O)C1CC12CCOCC2. The van der Waals surface area contributed by atoms with E-state index in [1.165, 1.54) is 0 Å². The molecular weight excluding hydrogens is 302 g/mol. The summed E-state index contributed by atoms with van der Waals surface area (Å²) in [6, 6.07) is 12.1. The Balaban J connectivity index is 1.39. The summed E-state index contributed by atoms with van der Waals surface area (Å²) in [5.74, 6) is 0.440. The third-order valence-corrected chi connectivity index (χ3v) is 5.46. The van der Waals surface area contributed by atoms with Crippen LogP contribution < -0.4 is 0 Å². The Morgan fingerprint density at radius 1 is 1.33 bits per heavy atom. The molecule has 1 saturated carbocycles. The van der Waals surface area contributed by atoms with Gasteiger partial charge in [-0.1, -0.05) is 30.3 Å². The number of hydrogen-bond donors (Lipinski definition) is 1. The highest BCUT2D eigenvalue weighted by Crippen LogP contribution is 2.59. The normalized spacial score (nSPS) is 21.6. The molecule has 126 valence electrons. The first-order valence-electron chi connectivity index (χ1n) is 8.60. The van der Waals surface area contributed by atoms with Gasteiger partial charge in [0, 0.05) is 31.7 Å². The van der Waals surface area contributed by atoms with Crippen molar-refractivity contribution in [2.75, 3.05) is 20.3 Å². The number of carbonyl (C=O) groups is 1. The Morgan fingerprint density at radius 3 is 2.83 bits per heavy atom. The molecule has 1 saturated heterocycles. The summed E-state index contributed by atoms with van der Waals surface area (Å²) in [7, 11) is 1.89. The van der Waals surface area contributed by atoms with Gasteiger partial charge in [-0.3, -0.25) is 9.89 Å². The van der Waals surface area contributed by atoms with Gasteiger partial charge in [0.2, 0.25) is 5.91 Å². The lowest BCUT2D eigenvalue weighted by molar-refractivity contribution is -0.133. The number of aromatic nitrogens is 2. The zero-order chi connectivity index (χ0) is 16.6. The zero-order valence-corrected chi connectivity index (χ0v) is 14.0. The summed E-state index contributed by atoms with van der Waals surface area (Å²) < 4.78 is 5.44. The van der Waals surface area contributed by atoms with Crippen LogP contribution >= 0.6 is 0 Å². The molecule has 1 aromatic heterocycles. The molecule has 1 spiro atoms. The van der Waals surface area contributed by atoms with Crippen LogP contribution in [0.2, 0.25) is 0 Å². The first kappa shape index (κ1) is 15.4. The third-order valence-electron chi connectivity index (χ3n) is 5.46. The second-order valence-electron chi connectivity index (χ2n) is 7.07. The van der Waals surface area contributed by atoms with Crippen LogP contribution in [0, 0.1) is 11.3 Å². The van der Waals surface area contributed by atoms with Crippen LogP contribution in [0.1, 0.15) is 25.0 Å². The number of benzene rings is 1. The Morgan fingerprint density at radius 2 is 2.08 bits per heavy atom. The number of hydrogen-bond acceptors (Lipinski definition) is 3. The smallest absolute Gasteiger partial charge is 0.226 e. The predicted molar refractivity (Wildman–Crippen MR) is 91.1 cm³/mol. The van der Waals surface area contributed by atoms with E-state index < -0.39 is 0 Å². The molecule has 1 unspecified atom stereocenters. The molecule has 2 heterocycles. The van der Waals surface area contributed by atoms with Crippen molar-refractivity contribution in [1.29, 1.82) is 0 Å². The fourth-order valence-corrected chi connectivity index (χ4v) is 3.83. The van der Waals surface area contributed by atoms with Gasteiger partial charge >= 0.3 is 0 Å². The van der Waals surface area contributed by atoms with Crippen LogP contribution in [0.5, 0.6) is 0 Å². The number of aromatic amines is 1. The molecule has 1 amide bonds. The quantitative estimate of drug-likeness (QED) is 0.940. The molecule has 1 aliphatic carbocycles. The number of H-pyrrole nitrogens is 1. The van der Waals surface area contributed by atoms with Crippen molar-refractivity contribution in [3.8, 4) is 11.3 Å². The highest BCUT2D eigenvalue weighted by Gasteiger charge is 2.58. The molecule has 5 heteroatoms. The molecule has 0 bridgehead atoms. The summed E-state index contributed by atoms with van der Waals surface area (Å²) in [6.07, 6.45) is 3.08. The number of nitrogens with zero attached hydrogens (tertiary/aromatic N) is 2. The second-order valence-corrected chi connectivity index (χ2v) is 7.07. The van der Waals surface area contributed by atoms with Gasteiger partial charge in [0.05, 0.1) is 17.9 Å². The van der Waals surface area contributed by atoms with E-state index in [9.17, 15) is 4.79 Å². The summed E-state index contributed by atoms with van der Waals surface area (Å²) in [6.45, 7) is 2.17. The van der Waals surface area contributed by atoms with E-state index in [4.69, 9.17) is 4.74 Å². The average molecular weight is 325 g/mol. The number of nitrogens with one attached hydrogen (secondary N) is 1. The molecule has 5 nitrogen and oxygen atoms in total. The topological polar surface area (TPSA) is 58.2 Å². The molecule has 1 atom stereocenters. The Bertz CT molecular complexity index is 719. The average Bonchev–Trinajstić information content (AvgIpc) is 3.09. The lowest BCUT2D eigenvalue weighted by Crippen LogP contribution is -2.31. The van der Waals surface area contributed by atoms with Gasteiger partial charge in [-0.2, -0.15) is 5.10 Å². The van der Waals surface area contributed by atoms with Crippen molar-refractivity contribution in [3.05, 3.63) is 42.1 Å². The minimum Gasteiger partial charge on any atom is -0.381 e. The van der Waals surface area contributed by atoms with Crippen molar-refractivity contribution in [2.45, 2.75) is 25.8 Å². The summed E-state index contributed by atoms with van der Waals surface area (Å²) in [5.41, 5.74) is 3.19. The van der Waals surface area contributed by atoms with Crippen molar-refractivity contribution in [3.63, 3.8) is 0 Å². The van der Waals surface area contributed by atoms with Gasteiger partial charge in [0.15, 0.2) is 0 Å². The molecule has 2 fully saturated rings. The maximum absolute atomic E-state index is 12.7. The minimum atomic E-state index is 0.183. The van der Waals surface area contributed by atoms with Gasteiger partial charge in [-0.25, -0.2) is 0 Å². The van der Waals surface area contributed by atoms with Gasteiger partial charge < -0.3 is 9.64 Å². The lowest BCUT2D eigenvalue weighted by Gasteiger charge is -2.24. The summed E-state index contributed by atoms with van der Waals surface area (Å²) in [5, 5.41) is 7.42. The van der Waals surface area contributed by atoms with Crippen LogP contribution in [-0.2, 0) is 16.1 Å². The maximum Gasteiger partial charge on any atom is 0.226 e. The van der Waals surface area contributed by atoms with E-state index in [1.807, 2.05) is 48.3 Å². The van der Waals surface area contributed by atoms with E-state index in [-0.39, 0.29) is 17.2 Å². The molecule has 24 heavy (non-hydrogen) atoms. The molecule has 2 aromatic rings. The van der Waals surface area contributed by atoms with E-state index >= 15 is 0 Å². The molecular formula is C19H23N3O2. The molecule has 1 aliphatic heterocycles. The number of ether oxygens (including phenoxy) is 1. The Hall–Kier alpha value is -2.14. The van der Waals surface area contributed by atoms with Crippen molar-refractivity contribution >= 4 is 5.91 Å². The molecule has 0 radical (unpaired) electrons. The van der Waals surface area contributed by atoms with Crippen LogP contribution in [-0.4, -0.2) is 41.3 Å². The number of rotatable bonds is 4. The Labute approximate surface area is 142 Å². The third kappa shape index (κ3) is 2.84. The standard InChI is InChI=1S/C19H23N3O2/c1-22(18(23)16-12-19(16)7-9-24-10-8-19)13-15-11-17(21-20-15)14-5-3-2-4-6-14/h2-6,11,16H,7-10,12-13H2,1H3,(H,20,21). The van der Waals surface area contributed by atoms with Crippen LogP contribution in [0.4, 0.5) is 0 Å². The monoisotopic (exact) mass is 325 g/mol. The molecule has 1 N–H and O–H groups in total. The van der Waals surface area contributed by atoms with E-state index in [2.05, 4.69) is 10.2 Å². The van der Waals surface area contributed by atoms with E-state index in [0.717, 1.165) is 49.4 Å². The fraction of sp³-hybridized carbons (Fsp3) is 0.474. The first-order chi connectivity index (χ1) is 11.7. The van der Waals surface area contributed by atoms with Crippen LogP contribution in [0.25, 0.3) is 11.3 Å². The highest BCUT2D eigenvalue weighted by atomic mass is 16.5. The van der Waals surface area contributed by atoms with Gasteiger partial charge in [-0.15, -0.1) is 0 Å². The van der Waals surface area contributed by atoms with Crippen molar-refractivity contribution in [2.24, 2.45) is 11.3 Å². The zero-order valence-electron chi connectivity index (χ0n) is 14.0. The van der Waals surface area contributed by atoms with E-state index in [0.29, 0.717) is 6.54 Å². The molecule has 2 aliphatic rings. The summed E-state index contributed by atoms with van der Waals surface area (Å²) in [4.78, 5) is 14.5. The van der Waals surface area contributed by atoms with E-state index in [1.54, 1.807) is 0 Å². The maximum atomic E-state index is 12.7. The van der Waals surface area contributed by atoms with Gasteiger partial charge in [0.1, 0.15) is 0 Å². The molecule has 1 aromatic carbocycles. The Kier molecular flexibility index (Phi) is 3.88. The predicted octanol–water partition coefficient (Wildman–Crippen LogP) is 2.85. The molecule has 4 rings (SSSR count). The number of carbonyl (C=O) groups excluding carboxylic acids is 1. The number of amides is 1. The highest BCUT2D eigenvalue weighted by molar-refractivity contribution is 5.82. The van der Waals surface area contributed by atoms with Crippen molar-refractivity contribution in [1.82, 2.24) is 15.1 Å². The second kappa shape index (κ2) is 6.06.